The smallest absolute Gasteiger partial charge is 0.350 e. The number of fused-ring (bicyclic) bond motifs is 2. The minimum Gasteiger partial charge on any atom is -0.465 e. The zero-order valence-electron chi connectivity index (χ0n) is 10.8. The van der Waals surface area contributed by atoms with Crippen LogP contribution in [-0.4, -0.2) is 19.0 Å². The normalized spacial score (nSPS) is 28.4. The van der Waals surface area contributed by atoms with Crippen molar-refractivity contribution >= 4 is 28.9 Å². The van der Waals surface area contributed by atoms with Gasteiger partial charge in [-0.1, -0.05) is 6.42 Å². The molecule has 0 radical (unpaired) electrons. The molecule has 102 valence electrons. The number of esters is 1. The first-order chi connectivity index (χ1) is 9.19. The number of anilines is 1. The molecule has 2 fully saturated rings. The van der Waals surface area contributed by atoms with E-state index in [4.69, 9.17) is 4.74 Å². The highest BCUT2D eigenvalue weighted by Crippen LogP contribution is 2.48. The number of methoxy groups -OCH3 is 1. The van der Waals surface area contributed by atoms with E-state index in [1.165, 1.54) is 37.7 Å². The molecule has 4 nitrogen and oxygen atoms in total. The Bertz CT molecular complexity index is 511. The number of hydrogen-bond donors (Lipinski definition) is 1. The van der Waals surface area contributed by atoms with Gasteiger partial charge in [0.1, 0.15) is 4.88 Å². The SMILES string of the molecule is COC(=O)c1sccc1NC(=O)[C@H]1C[C@@H]2CC[C@H]1C2. The van der Waals surface area contributed by atoms with Crippen molar-refractivity contribution in [1.29, 1.82) is 0 Å². The van der Waals surface area contributed by atoms with E-state index in [1.54, 1.807) is 11.4 Å². The van der Waals surface area contributed by atoms with Gasteiger partial charge in [0.2, 0.25) is 5.91 Å². The molecule has 1 heterocycles. The maximum atomic E-state index is 12.3. The van der Waals surface area contributed by atoms with Crippen molar-refractivity contribution in [3.05, 3.63) is 16.3 Å². The van der Waals surface area contributed by atoms with Crippen LogP contribution >= 0.6 is 11.3 Å². The van der Waals surface area contributed by atoms with Crippen LogP contribution in [0.1, 0.15) is 35.4 Å². The summed E-state index contributed by atoms with van der Waals surface area (Å²) in [7, 11) is 1.35. The van der Waals surface area contributed by atoms with Crippen molar-refractivity contribution in [3.63, 3.8) is 0 Å². The van der Waals surface area contributed by atoms with Crippen LogP contribution in [0.5, 0.6) is 0 Å². The van der Waals surface area contributed by atoms with Gasteiger partial charge in [-0.2, -0.15) is 0 Å². The molecule has 1 amide bonds. The van der Waals surface area contributed by atoms with Crippen molar-refractivity contribution in [1.82, 2.24) is 0 Å². The number of carbonyl (C=O) groups is 2. The van der Waals surface area contributed by atoms with Gasteiger partial charge in [0.25, 0.3) is 0 Å². The molecule has 1 aromatic rings. The van der Waals surface area contributed by atoms with E-state index in [9.17, 15) is 9.59 Å². The lowest BCUT2D eigenvalue weighted by atomic mass is 9.88. The molecule has 0 unspecified atom stereocenters. The monoisotopic (exact) mass is 279 g/mol. The first-order valence-electron chi connectivity index (χ1n) is 6.65. The molecule has 0 spiro atoms. The molecule has 1 N–H and O–H groups in total. The van der Waals surface area contributed by atoms with Gasteiger partial charge in [-0.15, -0.1) is 11.3 Å². The third-order valence-corrected chi connectivity index (χ3v) is 5.26. The van der Waals surface area contributed by atoms with E-state index in [0.29, 0.717) is 16.5 Å². The van der Waals surface area contributed by atoms with Gasteiger partial charge in [-0.3, -0.25) is 4.79 Å². The molecule has 3 rings (SSSR count). The summed E-state index contributed by atoms with van der Waals surface area (Å²) in [4.78, 5) is 24.3. The van der Waals surface area contributed by atoms with Crippen LogP contribution in [0.25, 0.3) is 0 Å². The summed E-state index contributed by atoms with van der Waals surface area (Å²) in [5, 5.41) is 4.70. The first kappa shape index (κ1) is 12.7. The Morgan fingerprint density at radius 1 is 1.37 bits per heavy atom. The van der Waals surface area contributed by atoms with Gasteiger partial charge < -0.3 is 10.1 Å². The summed E-state index contributed by atoms with van der Waals surface area (Å²) in [6, 6.07) is 1.77. The van der Waals surface area contributed by atoms with Crippen molar-refractivity contribution < 1.29 is 14.3 Å². The summed E-state index contributed by atoms with van der Waals surface area (Å²) in [5.41, 5.74) is 0.588. The molecule has 5 heteroatoms. The zero-order valence-corrected chi connectivity index (χ0v) is 11.7. The number of hydrogen-bond acceptors (Lipinski definition) is 4. The second-order valence-electron chi connectivity index (χ2n) is 5.43. The fourth-order valence-corrected chi connectivity index (χ4v) is 4.22. The highest BCUT2D eigenvalue weighted by Gasteiger charge is 2.43. The largest absolute Gasteiger partial charge is 0.465 e. The third kappa shape index (κ3) is 2.27. The van der Waals surface area contributed by atoms with Crippen molar-refractivity contribution in [2.75, 3.05) is 12.4 Å². The van der Waals surface area contributed by atoms with Gasteiger partial charge in [-0.05, 0) is 42.5 Å². The number of amides is 1. The lowest BCUT2D eigenvalue weighted by Crippen LogP contribution is -2.27. The quantitative estimate of drug-likeness (QED) is 0.866. The molecule has 3 atom stereocenters. The van der Waals surface area contributed by atoms with E-state index in [-0.39, 0.29) is 11.8 Å². The standard InChI is InChI=1S/C14H17NO3S/c1-18-14(17)12-11(4-5-19-12)15-13(16)10-7-8-2-3-9(10)6-8/h4-5,8-10H,2-3,6-7H2,1H3,(H,15,16)/t8-,9+,10+/m1/s1. The number of carbonyl (C=O) groups excluding carboxylic acids is 2. The summed E-state index contributed by atoms with van der Waals surface area (Å²) >= 11 is 1.29. The Morgan fingerprint density at radius 2 is 2.21 bits per heavy atom. The van der Waals surface area contributed by atoms with Crippen LogP contribution in [-0.2, 0) is 9.53 Å². The minimum atomic E-state index is -0.391. The van der Waals surface area contributed by atoms with Gasteiger partial charge >= 0.3 is 5.97 Å². The number of thiophene rings is 1. The van der Waals surface area contributed by atoms with E-state index in [1.807, 2.05) is 0 Å². The highest BCUT2D eigenvalue weighted by atomic mass is 32.1. The second-order valence-corrected chi connectivity index (χ2v) is 6.34. The van der Waals surface area contributed by atoms with Gasteiger partial charge in [0.15, 0.2) is 0 Å². The summed E-state index contributed by atoms with van der Waals surface area (Å²) < 4.78 is 4.71. The van der Waals surface area contributed by atoms with E-state index < -0.39 is 5.97 Å². The molecular weight excluding hydrogens is 262 g/mol. The predicted molar refractivity (Wildman–Crippen MR) is 73.2 cm³/mol. The average Bonchev–Trinajstić information content (AvgIpc) is 3.13. The van der Waals surface area contributed by atoms with E-state index in [0.717, 1.165) is 12.3 Å². The molecule has 19 heavy (non-hydrogen) atoms. The molecule has 0 aromatic carbocycles. The molecule has 1 aromatic heterocycles. The van der Waals surface area contributed by atoms with Crippen molar-refractivity contribution in [2.24, 2.45) is 17.8 Å². The summed E-state index contributed by atoms with van der Waals surface area (Å²) in [6.45, 7) is 0. The van der Waals surface area contributed by atoms with Gasteiger partial charge in [-0.25, -0.2) is 4.79 Å². The van der Waals surface area contributed by atoms with Gasteiger partial charge in [0, 0.05) is 5.92 Å². The molecule has 2 aliphatic carbocycles. The maximum absolute atomic E-state index is 12.3. The average molecular weight is 279 g/mol. The number of nitrogens with one attached hydrogen (secondary N) is 1. The Labute approximate surface area is 116 Å². The maximum Gasteiger partial charge on any atom is 0.350 e. The lowest BCUT2D eigenvalue weighted by Gasteiger charge is -2.20. The summed E-state index contributed by atoms with van der Waals surface area (Å²) in [5.74, 6) is 1.09. The Hall–Kier alpha value is -1.36. The topological polar surface area (TPSA) is 55.4 Å². The van der Waals surface area contributed by atoms with Crippen LogP contribution in [0, 0.1) is 17.8 Å². The Balaban J connectivity index is 1.70. The molecule has 0 aliphatic heterocycles. The molecular formula is C14H17NO3S. The Morgan fingerprint density at radius 3 is 2.84 bits per heavy atom. The first-order valence-corrected chi connectivity index (χ1v) is 7.53. The van der Waals surface area contributed by atoms with Crippen LogP contribution in [0.3, 0.4) is 0 Å². The molecule has 2 saturated carbocycles. The van der Waals surface area contributed by atoms with Crippen LogP contribution in [0.4, 0.5) is 5.69 Å². The summed E-state index contributed by atoms with van der Waals surface area (Å²) in [6.07, 6.45) is 4.66. The highest BCUT2D eigenvalue weighted by molar-refractivity contribution is 7.12. The predicted octanol–water partition coefficient (Wildman–Crippen LogP) is 2.91. The fourth-order valence-electron chi connectivity index (χ4n) is 3.45. The van der Waals surface area contributed by atoms with Gasteiger partial charge in [0.05, 0.1) is 12.8 Å². The Kier molecular flexibility index (Phi) is 3.31. The third-order valence-electron chi connectivity index (χ3n) is 4.37. The van der Waals surface area contributed by atoms with Crippen LogP contribution in [0.15, 0.2) is 11.4 Å². The lowest BCUT2D eigenvalue weighted by molar-refractivity contribution is -0.121. The van der Waals surface area contributed by atoms with Crippen LogP contribution < -0.4 is 5.32 Å². The van der Waals surface area contributed by atoms with Crippen LogP contribution in [0.2, 0.25) is 0 Å². The van der Waals surface area contributed by atoms with E-state index in [2.05, 4.69) is 5.32 Å². The van der Waals surface area contributed by atoms with Crippen molar-refractivity contribution in [2.45, 2.75) is 25.7 Å². The number of rotatable bonds is 3. The zero-order chi connectivity index (χ0) is 13.4. The number of ether oxygens (including phenoxy) is 1. The second kappa shape index (κ2) is 4.96. The molecule has 2 aliphatic rings. The van der Waals surface area contributed by atoms with Crippen molar-refractivity contribution in [3.8, 4) is 0 Å². The minimum absolute atomic E-state index is 0.0655. The molecule has 0 saturated heterocycles. The molecule has 2 bridgehead atoms. The fraction of sp³-hybridized carbons (Fsp3) is 0.571. The van der Waals surface area contributed by atoms with E-state index >= 15 is 0 Å².